The van der Waals surface area contributed by atoms with Crippen molar-refractivity contribution in [3.8, 4) is 0 Å². The molecule has 13 heavy (non-hydrogen) atoms. The monoisotopic (exact) mass is 216 g/mol. The molecule has 72 valence electrons. The van der Waals surface area contributed by atoms with Gasteiger partial charge in [0.2, 0.25) is 0 Å². The van der Waals surface area contributed by atoms with Gasteiger partial charge < -0.3 is 4.90 Å². The number of nitrogens with zero attached hydrogens (tertiary/aromatic N) is 2. The van der Waals surface area contributed by atoms with E-state index in [1.807, 2.05) is 0 Å². The van der Waals surface area contributed by atoms with Crippen molar-refractivity contribution in [2.75, 3.05) is 20.1 Å². The van der Waals surface area contributed by atoms with Crippen LogP contribution in [0, 0.1) is 0 Å². The van der Waals surface area contributed by atoms with Crippen LogP contribution in [-0.4, -0.2) is 30.0 Å². The maximum absolute atomic E-state index is 5.71. The molecule has 0 spiro atoms. The SMILES string of the molecule is CN1CCC(c2csc(CCl)n2)C1. The van der Waals surface area contributed by atoms with Gasteiger partial charge in [0, 0.05) is 17.8 Å². The summed E-state index contributed by atoms with van der Waals surface area (Å²) in [5.74, 6) is 1.19. The van der Waals surface area contributed by atoms with E-state index < -0.39 is 0 Å². The third-order valence-electron chi connectivity index (χ3n) is 2.49. The number of thiazole rings is 1. The average Bonchev–Trinajstić information content (AvgIpc) is 2.71. The fraction of sp³-hybridized carbons (Fsp3) is 0.667. The van der Waals surface area contributed by atoms with Crippen molar-refractivity contribution in [2.45, 2.75) is 18.2 Å². The molecule has 0 aromatic carbocycles. The molecule has 1 aliphatic rings. The smallest absolute Gasteiger partial charge is 0.108 e. The van der Waals surface area contributed by atoms with Crippen LogP contribution in [0.3, 0.4) is 0 Å². The number of aromatic nitrogens is 1. The molecule has 1 aromatic rings. The Kier molecular flexibility index (Phi) is 2.86. The Balaban J connectivity index is 2.08. The van der Waals surface area contributed by atoms with Crippen molar-refractivity contribution in [3.05, 3.63) is 16.1 Å². The minimum atomic E-state index is 0.549. The van der Waals surface area contributed by atoms with Crippen LogP contribution in [0.2, 0.25) is 0 Å². The molecular weight excluding hydrogens is 204 g/mol. The quantitative estimate of drug-likeness (QED) is 0.706. The molecule has 0 amide bonds. The van der Waals surface area contributed by atoms with Gasteiger partial charge in [-0.25, -0.2) is 4.98 Å². The third-order valence-corrected chi connectivity index (χ3v) is 3.77. The van der Waals surface area contributed by atoms with Gasteiger partial charge in [0.15, 0.2) is 0 Å². The van der Waals surface area contributed by atoms with Crippen molar-refractivity contribution in [1.82, 2.24) is 9.88 Å². The Morgan fingerprint density at radius 3 is 3.15 bits per heavy atom. The molecule has 2 heterocycles. The zero-order chi connectivity index (χ0) is 9.26. The molecule has 2 rings (SSSR count). The molecular formula is C9H13ClN2S. The number of alkyl halides is 1. The van der Waals surface area contributed by atoms with Crippen LogP contribution in [-0.2, 0) is 5.88 Å². The minimum absolute atomic E-state index is 0.549. The maximum atomic E-state index is 5.71. The van der Waals surface area contributed by atoms with E-state index in [2.05, 4.69) is 22.3 Å². The Morgan fingerprint density at radius 2 is 2.62 bits per heavy atom. The molecule has 2 nitrogen and oxygen atoms in total. The predicted octanol–water partition coefficient (Wildman–Crippen LogP) is 2.30. The lowest BCUT2D eigenvalue weighted by atomic mass is 10.1. The van der Waals surface area contributed by atoms with Gasteiger partial charge in [-0.2, -0.15) is 0 Å². The Hall–Kier alpha value is -0.120. The van der Waals surface area contributed by atoms with Gasteiger partial charge in [-0.05, 0) is 20.0 Å². The number of likely N-dealkylation sites (tertiary alicyclic amines) is 1. The molecule has 1 aliphatic heterocycles. The summed E-state index contributed by atoms with van der Waals surface area (Å²) in [6, 6.07) is 0. The summed E-state index contributed by atoms with van der Waals surface area (Å²) < 4.78 is 0. The van der Waals surface area contributed by atoms with Crippen LogP contribution in [0.15, 0.2) is 5.38 Å². The van der Waals surface area contributed by atoms with Gasteiger partial charge in [0.1, 0.15) is 5.01 Å². The van der Waals surface area contributed by atoms with Crippen molar-refractivity contribution in [1.29, 1.82) is 0 Å². The average molecular weight is 217 g/mol. The molecule has 0 aliphatic carbocycles. The van der Waals surface area contributed by atoms with Crippen LogP contribution < -0.4 is 0 Å². The first kappa shape index (κ1) is 9.44. The number of hydrogen-bond acceptors (Lipinski definition) is 3. The highest BCUT2D eigenvalue weighted by atomic mass is 35.5. The van der Waals surface area contributed by atoms with Crippen LogP contribution in [0.5, 0.6) is 0 Å². The van der Waals surface area contributed by atoms with Gasteiger partial charge in [0.25, 0.3) is 0 Å². The maximum Gasteiger partial charge on any atom is 0.108 e. The summed E-state index contributed by atoms with van der Waals surface area (Å²) in [6.07, 6.45) is 1.24. The zero-order valence-electron chi connectivity index (χ0n) is 7.66. The van der Waals surface area contributed by atoms with E-state index in [1.165, 1.54) is 18.7 Å². The summed E-state index contributed by atoms with van der Waals surface area (Å²) in [5.41, 5.74) is 1.24. The van der Waals surface area contributed by atoms with Crippen LogP contribution in [0.1, 0.15) is 23.0 Å². The molecule has 1 unspecified atom stereocenters. The highest BCUT2D eigenvalue weighted by Crippen LogP contribution is 2.27. The first-order chi connectivity index (χ1) is 6.29. The Morgan fingerprint density at radius 1 is 1.77 bits per heavy atom. The second kappa shape index (κ2) is 3.95. The Labute approximate surface area is 87.5 Å². The Bertz CT molecular complexity index is 287. The fourth-order valence-corrected chi connectivity index (χ4v) is 2.72. The van der Waals surface area contributed by atoms with Crippen LogP contribution in [0.25, 0.3) is 0 Å². The summed E-state index contributed by atoms with van der Waals surface area (Å²) in [7, 11) is 2.16. The first-order valence-electron chi connectivity index (χ1n) is 4.48. The lowest BCUT2D eigenvalue weighted by molar-refractivity contribution is 0.411. The largest absolute Gasteiger partial charge is 0.306 e. The molecule has 0 N–H and O–H groups in total. The second-order valence-electron chi connectivity index (χ2n) is 3.55. The van der Waals surface area contributed by atoms with Gasteiger partial charge in [-0.1, -0.05) is 0 Å². The topological polar surface area (TPSA) is 16.1 Å². The normalized spacial score (nSPS) is 24.0. The molecule has 4 heteroatoms. The molecule has 0 bridgehead atoms. The molecule has 1 fully saturated rings. The summed E-state index contributed by atoms with van der Waals surface area (Å²) in [6.45, 7) is 2.34. The van der Waals surface area contributed by atoms with E-state index in [0.717, 1.165) is 11.6 Å². The van der Waals surface area contributed by atoms with Crippen LogP contribution >= 0.6 is 22.9 Å². The summed E-state index contributed by atoms with van der Waals surface area (Å²) in [4.78, 5) is 6.86. The molecule has 1 aromatic heterocycles. The van der Waals surface area contributed by atoms with Gasteiger partial charge in [0.05, 0.1) is 11.6 Å². The summed E-state index contributed by atoms with van der Waals surface area (Å²) in [5, 5.41) is 3.20. The highest BCUT2D eigenvalue weighted by molar-refractivity contribution is 7.09. The molecule has 1 saturated heterocycles. The van der Waals surface area contributed by atoms with E-state index >= 15 is 0 Å². The lowest BCUT2D eigenvalue weighted by Crippen LogP contribution is -2.13. The third kappa shape index (κ3) is 2.03. The van der Waals surface area contributed by atoms with Crippen LogP contribution in [0.4, 0.5) is 0 Å². The number of halogens is 1. The zero-order valence-corrected chi connectivity index (χ0v) is 9.24. The van der Waals surface area contributed by atoms with Crippen molar-refractivity contribution in [3.63, 3.8) is 0 Å². The van der Waals surface area contributed by atoms with E-state index in [4.69, 9.17) is 11.6 Å². The lowest BCUT2D eigenvalue weighted by Gasteiger charge is -2.06. The van der Waals surface area contributed by atoms with E-state index in [-0.39, 0.29) is 0 Å². The van der Waals surface area contributed by atoms with E-state index in [1.54, 1.807) is 11.3 Å². The molecule has 1 atom stereocenters. The van der Waals surface area contributed by atoms with Gasteiger partial charge >= 0.3 is 0 Å². The fourth-order valence-electron chi connectivity index (χ4n) is 1.75. The van der Waals surface area contributed by atoms with Crippen molar-refractivity contribution < 1.29 is 0 Å². The highest BCUT2D eigenvalue weighted by Gasteiger charge is 2.22. The van der Waals surface area contributed by atoms with Crippen molar-refractivity contribution >= 4 is 22.9 Å². The number of likely N-dealkylation sites (N-methyl/N-ethyl adjacent to an activating group) is 1. The number of hydrogen-bond donors (Lipinski definition) is 0. The summed E-state index contributed by atoms with van der Waals surface area (Å²) >= 11 is 7.39. The molecule has 0 radical (unpaired) electrons. The second-order valence-corrected chi connectivity index (χ2v) is 4.76. The predicted molar refractivity (Wildman–Crippen MR) is 56.5 cm³/mol. The van der Waals surface area contributed by atoms with Gasteiger partial charge in [-0.3, -0.25) is 0 Å². The molecule has 0 saturated carbocycles. The van der Waals surface area contributed by atoms with Crippen molar-refractivity contribution in [2.24, 2.45) is 0 Å². The van der Waals surface area contributed by atoms with E-state index in [0.29, 0.717) is 11.8 Å². The number of rotatable bonds is 2. The van der Waals surface area contributed by atoms with Gasteiger partial charge in [-0.15, -0.1) is 22.9 Å². The van der Waals surface area contributed by atoms with E-state index in [9.17, 15) is 0 Å². The first-order valence-corrected chi connectivity index (χ1v) is 5.90. The minimum Gasteiger partial charge on any atom is -0.306 e. The standard InChI is InChI=1S/C9H13ClN2S/c1-12-3-2-7(5-12)8-6-13-9(4-10)11-8/h6-7H,2-5H2,1H3.